The van der Waals surface area contributed by atoms with Crippen LogP contribution in [0.3, 0.4) is 0 Å². The van der Waals surface area contributed by atoms with E-state index < -0.39 is 0 Å². The van der Waals surface area contributed by atoms with E-state index >= 15 is 0 Å². The van der Waals surface area contributed by atoms with Crippen LogP contribution in [0.4, 0.5) is 15.8 Å². The van der Waals surface area contributed by atoms with Crippen LogP contribution in [-0.4, -0.2) is 18.0 Å². The number of aromatic nitrogens is 1. The summed E-state index contributed by atoms with van der Waals surface area (Å²) in [6, 6.07) is 13.8. The van der Waals surface area contributed by atoms with Gasteiger partial charge in [0.25, 0.3) is 5.91 Å². The number of fused-ring (bicyclic) bond motifs is 1. The molecule has 0 saturated heterocycles. The molecule has 4 rings (SSSR count). The number of carbonyl (C=O) groups is 1. The van der Waals surface area contributed by atoms with Crippen LogP contribution < -0.4 is 15.4 Å². The van der Waals surface area contributed by atoms with Crippen molar-refractivity contribution < 1.29 is 13.9 Å². The van der Waals surface area contributed by atoms with Gasteiger partial charge in [0.15, 0.2) is 0 Å². The fourth-order valence-electron chi connectivity index (χ4n) is 3.11. The summed E-state index contributed by atoms with van der Waals surface area (Å²) < 4.78 is 18.8. The number of methoxy groups -OCH3 is 1. The topological polar surface area (TPSA) is 66.1 Å². The van der Waals surface area contributed by atoms with Gasteiger partial charge in [0, 0.05) is 40.9 Å². The number of anilines is 2. The molecule has 3 N–H and O–H groups in total. The van der Waals surface area contributed by atoms with Gasteiger partial charge in [-0.3, -0.25) is 4.79 Å². The molecule has 1 aliphatic rings. The van der Waals surface area contributed by atoms with Crippen molar-refractivity contribution in [2.75, 3.05) is 17.7 Å². The number of aromatic amines is 1. The molecular formula is C21H18FN3O2. The summed E-state index contributed by atoms with van der Waals surface area (Å²) in [7, 11) is 1.56. The van der Waals surface area contributed by atoms with Gasteiger partial charge in [0.1, 0.15) is 11.6 Å². The molecule has 3 aromatic rings. The summed E-state index contributed by atoms with van der Waals surface area (Å²) in [5, 5.41) is 6.13. The summed E-state index contributed by atoms with van der Waals surface area (Å²) in [4.78, 5) is 15.4. The molecule has 0 fully saturated rings. The minimum absolute atomic E-state index is 0.136. The zero-order valence-electron chi connectivity index (χ0n) is 14.7. The highest BCUT2D eigenvalue weighted by atomic mass is 19.1. The Morgan fingerprint density at radius 2 is 2.07 bits per heavy atom. The summed E-state index contributed by atoms with van der Waals surface area (Å²) in [6.07, 6.45) is 3.63. The molecule has 0 unspecified atom stereocenters. The predicted octanol–water partition coefficient (Wildman–Crippen LogP) is 4.27. The van der Waals surface area contributed by atoms with Gasteiger partial charge in [-0.05, 0) is 54.6 Å². The monoisotopic (exact) mass is 363 g/mol. The molecule has 27 heavy (non-hydrogen) atoms. The SMILES string of the molecule is COc1ccc(F)cc1CNc1ccc2c(c1)/C(=C/c1ccc[nH]1)C(=O)N2. The molecule has 0 bridgehead atoms. The maximum atomic E-state index is 13.5. The fourth-order valence-corrected chi connectivity index (χ4v) is 3.11. The maximum Gasteiger partial charge on any atom is 0.256 e. The van der Waals surface area contributed by atoms with Crippen molar-refractivity contribution in [2.45, 2.75) is 6.54 Å². The minimum Gasteiger partial charge on any atom is -0.496 e. The van der Waals surface area contributed by atoms with Crippen LogP contribution in [-0.2, 0) is 11.3 Å². The second-order valence-electron chi connectivity index (χ2n) is 6.21. The lowest BCUT2D eigenvalue weighted by atomic mass is 10.0. The van der Waals surface area contributed by atoms with Crippen LogP contribution in [0.15, 0.2) is 54.7 Å². The fraction of sp³-hybridized carbons (Fsp3) is 0.0952. The second-order valence-corrected chi connectivity index (χ2v) is 6.21. The van der Waals surface area contributed by atoms with Gasteiger partial charge < -0.3 is 20.4 Å². The summed E-state index contributed by atoms with van der Waals surface area (Å²) in [5.74, 6) is 0.172. The van der Waals surface area contributed by atoms with Gasteiger partial charge in [-0.25, -0.2) is 4.39 Å². The first-order valence-corrected chi connectivity index (χ1v) is 8.51. The van der Waals surface area contributed by atoms with Crippen LogP contribution in [0.5, 0.6) is 5.75 Å². The highest BCUT2D eigenvalue weighted by Crippen LogP contribution is 2.35. The van der Waals surface area contributed by atoms with E-state index in [9.17, 15) is 9.18 Å². The Kier molecular flexibility index (Phi) is 4.38. The predicted molar refractivity (Wildman–Crippen MR) is 104 cm³/mol. The average Bonchev–Trinajstić information content (AvgIpc) is 3.29. The number of ether oxygens (including phenoxy) is 1. The molecule has 1 aliphatic heterocycles. The van der Waals surface area contributed by atoms with Crippen molar-refractivity contribution in [3.8, 4) is 5.75 Å². The minimum atomic E-state index is -0.312. The van der Waals surface area contributed by atoms with Gasteiger partial charge in [0.05, 0.1) is 12.7 Å². The Morgan fingerprint density at radius 3 is 2.85 bits per heavy atom. The van der Waals surface area contributed by atoms with E-state index in [4.69, 9.17) is 4.74 Å². The molecule has 2 aromatic carbocycles. The van der Waals surface area contributed by atoms with E-state index in [-0.39, 0.29) is 11.7 Å². The first-order valence-electron chi connectivity index (χ1n) is 8.51. The molecule has 0 atom stereocenters. The smallest absolute Gasteiger partial charge is 0.256 e. The molecule has 1 amide bonds. The summed E-state index contributed by atoms with van der Waals surface area (Å²) in [6.45, 7) is 0.400. The summed E-state index contributed by atoms with van der Waals surface area (Å²) in [5.41, 5.74) is 4.59. The first-order chi connectivity index (χ1) is 13.1. The van der Waals surface area contributed by atoms with E-state index in [1.165, 1.54) is 12.1 Å². The molecule has 0 saturated carbocycles. The van der Waals surface area contributed by atoms with E-state index in [1.54, 1.807) is 13.2 Å². The Labute approximate surface area is 155 Å². The number of halogens is 1. The van der Waals surface area contributed by atoms with Crippen LogP contribution in [0.1, 0.15) is 16.8 Å². The lowest BCUT2D eigenvalue weighted by molar-refractivity contribution is -0.110. The van der Waals surface area contributed by atoms with Crippen molar-refractivity contribution in [1.29, 1.82) is 0 Å². The van der Waals surface area contributed by atoms with Gasteiger partial charge in [-0.15, -0.1) is 0 Å². The van der Waals surface area contributed by atoms with E-state index in [1.807, 2.05) is 42.6 Å². The van der Waals surface area contributed by atoms with Crippen molar-refractivity contribution in [3.63, 3.8) is 0 Å². The Bertz CT molecular complexity index is 1030. The summed E-state index contributed by atoms with van der Waals surface area (Å²) >= 11 is 0. The number of amides is 1. The number of hydrogen-bond donors (Lipinski definition) is 3. The van der Waals surface area contributed by atoms with E-state index in [2.05, 4.69) is 15.6 Å². The first kappa shape index (κ1) is 16.9. The third kappa shape index (κ3) is 3.42. The second kappa shape index (κ2) is 6.99. The Balaban J connectivity index is 1.59. The Morgan fingerprint density at radius 1 is 1.19 bits per heavy atom. The normalized spacial score (nSPS) is 14.1. The standard InChI is InChI=1S/C21H18FN3O2/c1-27-20-7-4-14(22)9-13(20)12-24-16-5-6-19-17(10-16)18(21(26)25-19)11-15-3-2-8-23-15/h2-11,23-24H,12H2,1H3,(H,25,26)/b18-11-. The Hall–Kier alpha value is -3.54. The maximum absolute atomic E-state index is 13.5. The third-order valence-corrected chi connectivity index (χ3v) is 4.45. The molecule has 0 radical (unpaired) electrons. The van der Waals surface area contributed by atoms with Gasteiger partial charge in [-0.1, -0.05) is 0 Å². The molecule has 5 nitrogen and oxygen atoms in total. The average molecular weight is 363 g/mol. The van der Waals surface area contributed by atoms with Crippen molar-refractivity contribution in [3.05, 3.63) is 77.4 Å². The zero-order valence-corrected chi connectivity index (χ0v) is 14.7. The lowest BCUT2D eigenvalue weighted by Gasteiger charge is -2.11. The number of carbonyl (C=O) groups excluding carboxylic acids is 1. The van der Waals surface area contributed by atoms with Crippen LogP contribution in [0.2, 0.25) is 0 Å². The number of rotatable bonds is 5. The molecule has 136 valence electrons. The largest absolute Gasteiger partial charge is 0.496 e. The van der Waals surface area contributed by atoms with Gasteiger partial charge in [-0.2, -0.15) is 0 Å². The highest BCUT2D eigenvalue weighted by Gasteiger charge is 2.24. The van der Waals surface area contributed by atoms with Crippen molar-refractivity contribution in [1.82, 2.24) is 4.98 Å². The molecule has 1 aromatic heterocycles. The number of hydrogen-bond acceptors (Lipinski definition) is 3. The van der Waals surface area contributed by atoms with E-state index in [0.717, 1.165) is 22.6 Å². The lowest BCUT2D eigenvalue weighted by Crippen LogP contribution is -2.03. The van der Waals surface area contributed by atoms with E-state index in [0.29, 0.717) is 23.4 Å². The number of benzene rings is 2. The van der Waals surface area contributed by atoms with Crippen molar-refractivity contribution >= 4 is 28.9 Å². The number of nitrogens with one attached hydrogen (secondary N) is 3. The molecule has 2 heterocycles. The zero-order chi connectivity index (χ0) is 18.8. The molecule has 0 aliphatic carbocycles. The van der Waals surface area contributed by atoms with Crippen molar-refractivity contribution in [2.24, 2.45) is 0 Å². The number of H-pyrrole nitrogens is 1. The van der Waals surface area contributed by atoms with Gasteiger partial charge >= 0.3 is 0 Å². The molecular weight excluding hydrogens is 345 g/mol. The quantitative estimate of drug-likeness (QED) is 0.593. The van der Waals surface area contributed by atoms with Crippen LogP contribution in [0.25, 0.3) is 11.6 Å². The third-order valence-electron chi connectivity index (χ3n) is 4.45. The highest BCUT2D eigenvalue weighted by molar-refractivity contribution is 6.35. The van der Waals surface area contributed by atoms with Crippen LogP contribution >= 0.6 is 0 Å². The van der Waals surface area contributed by atoms with Gasteiger partial charge in [0.2, 0.25) is 0 Å². The van der Waals surface area contributed by atoms with Crippen LogP contribution in [0, 0.1) is 5.82 Å². The molecule has 6 heteroatoms. The molecule has 0 spiro atoms.